The standard InChI is InChI=1S/C24H28F3N3O4/c1-15-7-8-18(16(2)11-15)13-28-10-9-20(23(33)34-3)30-21(31)14-29-22(32)17-5-4-6-19(12-17)24(25,26)27/h4-8,11-12,20,28H,9-10,13-14H2,1-3H3,(H,29,32)(H,30,31)/t20-/m0/s1. The topological polar surface area (TPSA) is 96.5 Å². The average molecular weight is 479 g/mol. The number of amides is 2. The molecule has 3 N–H and O–H groups in total. The molecule has 7 nitrogen and oxygen atoms in total. The van der Waals surface area contributed by atoms with E-state index in [2.05, 4.69) is 22.0 Å². The highest BCUT2D eigenvalue weighted by atomic mass is 19.4. The Kier molecular flexibility index (Phi) is 9.61. The Labute approximate surface area is 196 Å². The third kappa shape index (κ3) is 8.18. The van der Waals surface area contributed by atoms with E-state index in [1.165, 1.54) is 13.2 Å². The molecule has 0 unspecified atom stereocenters. The molecule has 10 heteroatoms. The second-order valence-corrected chi connectivity index (χ2v) is 7.80. The summed E-state index contributed by atoms with van der Waals surface area (Å²) < 4.78 is 43.2. The molecule has 2 amide bonds. The zero-order chi connectivity index (χ0) is 25.3. The van der Waals surface area contributed by atoms with Crippen molar-refractivity contribution in [3.05, 3.63) is 70.3 Å². The van der Waals surface area contributed by atoms with Crippen LogP contribution in [0.25, 0.3) is 0 Å². The SMILES string of the molecule is COC(=O)[C@H](CCNCc1ccc(C)cc1C)NC(=O)CNC(=O)c1cccc(C(F)(F)F)c1. The van der Waals surface area contributed by atoms with E-state index in [0.29, 0.717) is 19.2 Å². The van der Waals surface area contributed by atoms with Crippen molar-refractivity contribution in [2.75, 3.05) is 20.2 Å². The minimum atomic E-state index is -4.59. The van der Waals surface area contributed by atoms with Crippen LogP contribution in [0.4, 0.5) is 13.2 Å². The maximum absolute atomic E-state index is 12.8. The number of carbonyl (C=O) groups excluding carboxylic acids is 3. The van der Waals surface area contributed by atoms with Crippen LogP contribution in [0.3, 0.4) is 0 Å². The molecule has 0 aliphatic rings. The number of rotatable bonds is 10. The van der Waals surface area contributed by atoms with Gasteiger partial charge in [-0.15, -0.1) is 0 Å². The van der Waals surface area contributed by atoms with Crippen LogP contribution in [0.2, 0.25) is 0 Å². The first kappa shape index (κ1) is 26.8. The summed E-state index contributed by atoms with van der Waals surface area (Å²) in [6, 6.07) is 9.01. The Balaban J connectivity index is 1.85. The van der Waals surface area contributed by atoms with Gasteiger partial charge in [-0.1, -0.05) is 29.8 Å². The maximum Gasteiger partial charge on any atom is 0.416 e. The number of carbonyl (C=O) groups is 3. The smallest absolute Gasteiger partial charge is 0.416 e. The predicted molar refractivity (Wildman–Crippen MR) is 120 cm³/mol. The average Bonchev–Trinajstić information content (AvgIpc) is 2.79. The van der Waals surface area contributed by atoms with Gasteiger partial charge in [-0.2, -0.15) is 13.2 Å². The normalized spacial score (nSPS) is 12.1. The van der Waals surface area contributed by atoms with Gasteiger partial charge in [-0.3, -0.25) is 9.59 Å². The maximum atomic E-state index is 12.8. The zero-order valence-electron chi connectivity index (χ0n) is 19.2. The Bertz CT molecular complexity index is 1020. The lowest BCUT2D eigenvalue weighted by molar-refractivity contribution is -0.145. The summed E-state index contributed by atoms with van der Waals surface area (Å²) in [6.07, 6.45) is -4.35. The number of aryl methyl sites for hydroxylation is 2. The number of methoxy groups -OCH3 is 1. The summed E-state index contributed by atoms with van der Waals surface area (Å²) >= 11 is 0. The van der Waals surface area contributed by atoms with Gasteiger partial charge in [0.2, 0.25) is 5.91 Å². The molecule has 2 rings (SSSR count). The molecule has 2 aromatic rings. The van der Waals surface area contributed by atoms with Gasteiger partial charge < -0.3 is 20.7 Å². The fourth-order valence-corrected chi connectivity index (χ4v) is 3.25. The molecule has 0 bridgehead atoms. The van der Waals surface area contributed by atoms with Crippen molar-refractivity contribution in [3.63, 3.8) is 0 Å². The number of ether oxygens (including phenoxy) is 1. The highest BCUT2D eigenvalue weighted by Crippen LogP contribution is 2.29. The Morgan fingerprint density at radius 1 is 1.06 bits per heavy atom. The van der Waals surface area contributed by atoms with E-state index in [1.807, 2.05) is 26.0 Å². The van der Waals surface area contributed by atoms with E-state index in [1.54, 1.807) is 0 Å². The van der Waals surface area contributed by atoms with Crippen LogP contribution >= 0.6 is 0 Å². The summed E-state index contributed by atoms with van der Waals surface area (Å²) in [6.45, 7) is 4.49. The molecule has 0 fully saturated rings. The third-order valence-electron chi connectivity index (χ3n) is 5.11. The van der Waals surface area contributed by atoms with E-state index in [4.69, 9.17) is 4.74 Å². The van der Waals surface area contributed by atoms with Crippen LogP contribution in [0.5, 0.6) is 0 Å². The van der Waals surface area contributed by atoms with E-state index in [-0.39, 0.29) is 12.0 Å². The summed E-state index contributed by atoms with van der Waals surface area (Å²) in [4.78, 5) is 36.4. The van der Waals surface area contributed by atoms with Crippen LogP contribution in [0.1, 0.15) is 39.0 Å². The number of halogens is 3. The van der Waals surface area contributed by atoms with Crippen molar-refractivity contribution in [1.29, 1.82) is 0 Å². The first-order chi connectivity index (χ1) is 16.0. The van der Waals surface area contributed by atoms with E-state index >= 15 is 0 Å². The number of nitrogens with one attached hydrogen (secondary N) is 3. The number of hydrogen-bond acceptors (Lipinski definition) is 5. The monoisotopic (exact) mass is 479 g/mol. The fraction of sp³-hybridized carbons (Fsp3) is 0.375. The molecule has 0 saturated carbocycles. The van der Waals surface area contributed by atoms with Gasteiger partial charge in [0.05, 0.1) is 19.2 Å². The molecule has 34 heavy (non-hydrogen) atoms. The molecular weight excluding hydrogens is 451 g/mol. The van der Waals surface area contributed by atoms with Crippen LogP contribution in [-0.4, -0.2) is 44.0 Å². The number of hydrogen-bond donors (Lipinski definition) is 3. The Hall–Kier alpha value is -3.40. The van der Waals surface area contributed by atoms with Crippen molar-refractivity contribution in [3.8, 4) is 0 Å². The van der Waals surface area contributed by atoms with Crippen LogP contribution in [0.15, 0.2) is 42.5 Å². The number of esters is 1. The molecular formula is C24H28F3N3O4. The summed E-state index contributed by atoms with van der Waals surface area (Å²) in [5.41, 5.74) is 2.21. The Morgan fingerprint density at radius 2 is 1.79 bits per heavy atom. The van der Waals surface area contributed by atoms with Crippen molar-refractivity contribution in [2.24, 2.45) is 0 Å². The largest absolute Gasteiger partial charge is 0.467 e. The highest BCUT2D eigenvalue weighted by Gasteiger charge is 2.31. The van der Waals surface area contributed by atoms with Crippen LogP contribution in [-0.2, 0) is 27.0 Å². The number of benzene rings is 2. The highest BCUT2D eigenvalue weighted by molar-refractivity contribution is 5.97. The van der Waals surface area contributed by atoms with E-state index in [0.717, 1.165) is 28.8 Å². The van der Waals surface area contributed by atoms with Gasteiger partial charge in [0.1, 0.15) is 6.04 Å². The van der Waals surface area contributed by atoms with Gasteiger partial charge >= 0.3 is 12.1 Å². The second-order valence-electron chi connectivity index (χ2n) is 7.80. The van der Waals surface area contributed by atoms with Crippen LogP contribution in [0, 0.1) is 13.8 Å². The predicted octanol–water partition coefficient (Wildman–Crippen LogP) is 2.89. The lowest BCUT2D eigenvalue weighted by atomic mass is 10.1. The van der Waals surface area contributed by atoms with Crippen molar-refractivity contribution in [2.45, 2.75) is 39.0 Å². The first-order valence-electron chi connectivity index (χ1n) is 10.6. The molecule has 0 heterocycles. The number of alkyl halides is 3. The molecule has 0 radical (unpaired) electrons. The molecule has 1 atom stereocenters. The van der Waals surface area contributed by atoms with E-state index < -0.39 is 42.1 Å². The third-order valence-corrected chi connectivity index (χ3v) is 5.11. The minimum absolute atomic E-state index is 0.234. The van der Waals surface area contributed by atoms with Crippen molar-refractivity contribution < 1.29 is 32.3 Å². The van der Waals surface area contributed by atoms with Gasteiger partial charge in [-0.25, -0.2) is 4.79 Å². The summed E-state index contributed by atoms with van der Waals surface area (Å²) in [7, 11) is 1.19. The first-order valence-corrected chi connectivity index (χ1v) is 10.6. The second kappa shape index (κ2) is 12.2. The summed E-state index contributed by atoms with van der Waals surface area (Å²) in [5.74, 6) is -2.16. The summed E-state index contributed by atoms with van der Waals surface area (Å²) in [5, 5.41) is 7.95. The Morgan fingerprint density at radius 3 is 2.44 bits per heavy atom. The van der Waals surface area contributed by atoms with Gasteiger partial charge in [0.15, 0.2) is 0 Å². The molecule has 0 aliphatic carbocycles. The molecule has 2 aromatic carbocycles. The van der Waals surface area contributed by atoms with Crippen LogP contribution < -0.4 is 16.0 Å². The van der Waals surface area contributed by atoms with Crippen molar-refractivity contribution in [1.82, 2.24) is 16.0 Å². The zero-order valence-corrected chi connectivity index (χ0v) is 19.2. The molecule has 184 valence electrons. The molecule has 0 aromatic heterocycles. The van der Waals surface area contributed by atoms with Gasteiger partial charge in [0, 0.05) is 12.1 Å². The molecule has 0 spiro atoms. The van der Waals surface area contributed by atoms with E-state index in [9.17, 15) is 27.6 Å². The quantitative estimate of drug-likeness (QED) is 0.360. The van der Waals surface area contributed by atoms with Gasteiger partial charge in [0.25, 0.3) is 5.91 Å². The molecule has 0 aliphatic heterocycles. The van der Waals surface area contributed by atoms with Gasteiger partial charge in [-0.05, 0) is 56.1 Å². The minimum Gasteiger partial charge on any atom is -0.467 e. The van der Waals surface area contributed by atoms with Crippen molar-refractivity contribution >= 4 is 17.8 Å². The lowest BCUT2D eigenvalue weighted by Crippen LogP contribution is -2.47. The fourth-order valence-electron chi connectivity index (χ4n) is 3.25. The molecule has 0 saturated heterocycles. The lowest BCUT2D eigenvalue weighted by Gasteiger charge is -2.17.